The van der Waals surface area contributed by atoms with Gasteiger partial charge in [-0.3, -0.25) is 0 Å². The Morgan fingerprint density at radius 3 is 1.82 bits per heavy atom. The molecule has 0 unspecified atom stereocenters. The van der Waals surface area contributed by atoms with Crippen LogP contribution in [0.25, 0.3) is 82.4 Å². The molecule has 11 aromatic rings. The van der Waals surface area contributed by atoms with Crippen molar-refractivity contribution < 1.29 is 0 Å². The molecule has 0 amide bonds. The van der Waals surface area contributed by atoms with Gasteiger partial charge in [-0.25, -0.2) is 0 Å². The Morgan fingerprint density at radius 1 is 0.377 bits per heavy atom. The summed E-state index contributed by atoms with van der Waals surface area (Å²) in [5, 5.41) is 7.41. The highest BCUT2D eigenvalue weighted by Crippen LogP contribution is 2.51. The zero-order valence-corrected chi connectivity index (χ0v) is 34.2. The average Bonchev–Trinajstić information content (AvgIpc) is 3.78. The number of nitrogens with zero attached hydrogens (tertiary/aromatic N) is 2. The molecular weight excluding hydrogens is 737 g/mol. The molecule has 0 saturated heterocycles. The van der Waals surface area contributed by atoms with E-state index in [-0.39, 0.29) is 5.41 Å². The van der Waals surface area contributed by atoms with Crippen molar-refractivity contribution >= 4 is 60.4 Å². The van der Waals surface area contributed by atoms with Gasteiger partial charge in [-0.05, 0) is 116 Å². The second-order valence-corrected chi connectivity index (χ2v) is 16.9. The van der Waals surface area contributed by atoms with E-state index in [0.29, 0.717) is 0 Å². The summed E-state index contributed by atoms with van der Waals surface area (Å²) in [4.78, 5) is 2.40. The number of hydrogen-bond acceptors (Lipinski definition) is 1. The van der Waals surface area contributed by atoms with E-state index in [4.69, 9.17) is 0 Å². The van der Waals surface area contributed by atoms with Crippen LogP contribution in [0.15, 0.2) is 218 Å². The second-order valence-electron chi connectivity index (χ2n) is 16.9. The van der Waals surface area contributed by atoms with Gasteiger partial charge in [0, 0.05) is 44.0 Å². The molecule has 61 heavy (non-hydrogen) atoms. The molecule has 12 rings (SSSR count). The molecular formula is C59H42N2. The fourth-order valence-corrected chi connectivity index (χ4v) is 10.2. The van der Waals surface area contributed by atoms with Crippen LogP contribution in [0.3, 0.4) is 0 Å². The maximum absolute atomic E-state index is 2.52. The molecule has 1 aliphatic carbocycles. The summed E-state index contributed by atoms with van der Waals surface area (Å²) in [7, 11) is 0. The number of aromatic nitrogens is 1. The predicted molar refractivity (Wildman–Crippen MR) is 259 cm³/mol. The van der Waals surface area contributed by atoms with Crippen LogP contribution in [0.2, 0.25) is 0 Å². The van der Waals surface area contributed by atoms with Crippen molar-refractivity contribution in [3.63, 3.8) is 0 Å². The van der Waals surface area contributed by atoms with Gasteiger partial charge in [0.15, 0.2) is 0 Å². The summed E-state index contributed by atoms with van der Waals surface area (Å²) < 4.78 is 2.52. The van der Waals surface area contributed by atoms with E-state index in [1.54, 1.807) is 0 Å². The first-order valence-electron chi connectivity index (χ1n) is 21.3. The lowest BCUT2D eigenvalue weighted by atomic mass is 9.82. The van der Waals surface area contributed by atoms with Gasteiger partial charge in [0.2, 0.25) is 0 Å². The van der Waals surface area contributed by atoms with Crippen LogP contribution in [0.5, 0.6) is 0 Å². The van der Waals surface area contributed by atoms with Crippen LogP contribution in [-0.4, -0.2) is 4.57 Å². The Kier molecular flexibility index (Phi) is 7.92. The zero-order valence-electron chi connectivity index (χ0n) is 34.2. The van der Waals surface area contributed by atoms with E-state index in [9.17, 15) is 0 Å². The molecule has 0 atom stereocenters. The highest BCUT2D eigenvalue weighted by Gasteiger charge is 2.35. The minimum atomic E-state index is -0.0960. The molecule has 2 nitrogen and oxygen atoms in total. The first-order valence-corrected chi connectivity index (χ1v) is 21.3. The summed E-state index contributed by atoms with van der Waals surface area (Å²) in [5.41, 5.74) is 17.1. The first-order chi connectivity index (χ1) is 30.0. The molecule has 0 fully saturated rings. The Bertz CT molecular complexity index is 3480. The van der Waals surface area contributed by atoms with E-state index in [1.165, 1.54) is 93.5 Å². The van der Waals surface area contributed by atoms with Gasteiger partial charge in [0.05, 0.1) is 16.7 Å². The standard InChI is InChI=1S/C59H42N2/c1-59(2)53-26-14-13-25-49(53)50-34-33-46(38-54(50)59)60(44-21-7-4-8-22-44)45-31-28-41(29-32-45)51-37-43-19-10-12-24-48(43)58-57(51)52-36-42(39-16-5-3-6-17-39)30-35-56(52)61(58)55-27-15-20-40-18-9-11-23-47(40)55/h3-38H,1-2H3. The Hall–Kier alpha value is -7.68. The second kappa shape index (κ2) is 13.7. The largest absolute Gasteiger partial charge is 0.310 e. The van der Waals surface area contributed by atoms with Crippen molar-refractivity contribution in [3.8, 4) is 39.1 Å². The van der Waals surface area contributed by atoms with Gasteiger partial charge in [0.25, 0.3) is 0 Å². The number of fused-ring (bicyclic) bond motifs is 9. The van der Waals surface area contributed by atoms with Crippen molar-refractivity contribution in [2.24, 2.45) is 0 Å². The number of hydrogen-bond donors (Lipinski definition) is 0. The lowest BCUT2D eigenvalue weighted by molar-refractivity contribution is 0.660. The van der Waals surface area contributed by atoms with E-state index in [0.717, 1.165) is 17.1 Å². The van der Waals surface area contributed by atoms with Crippen molar-refractivity contribution in [2.75, 3.05) is 4.90 Å². The number of para-hydroxylation sites is 1. The molecule has 288 valence electrons. The van der Waals surface area contributed by atoms with Gasteiger partial charge < -0.3 is 9.47 Å². The Labute approximate surface area is 356 Å². The molecule has 1 aliphatic rings. The minimum absolute atomic E-state index is 0.0960. The number of benzene rings is 10. The fraction of sp³-hybridized carbons (Fsp3) is 0.0508. The van der Waals surface area contributed by atoms with Crippen LogP contribution in [0, 0.1) is 0 Å². The smallest absolute Gasteiger partial charge is 0.0625 e. The molecule has 0 saturated carbocycles. The van der Waals surface area contributed by atoms with Crippen molar-refractivity contribution in [1.29, 1.82) is 0 Å². The summed E-state index contributed by atoms with van der Waals surface area (Å²) in [6.07, 6.45) is 0. The molecule has 0 radical (unpaired) electrons. The monoisotopic (exact) mass is 778 g/mol. The lowest BCUT2D eigenvalue weighted by Gasteiger charge is -2.28. The number of anilines is 3. The fourth-order valence-electron chi connectivity index (χ4n) is 10.2. The van der Waals surface area contributed by atoms with E-state index in [2.05, 4.69) is 242 Å². The third kappa shape index (κ3) is 5.49. The van der Waals surface area contributed by atoms with Crippen LogP contribution >= 0.6 is 0 Å². The minimum Gasteiger partial charge on any atom is -0.310 e. The highest BCUT2D eigenvalue weighted by atomic mass is 15.1. The van der Waals surface area contributed by atoms with Gasteiger partial charge in [-0.2, -0.15) is 0 Å². The maximum atomic E-state index is 2.52. The Balaban J connectivity index is 1.08. The maximum Gasteiger partial charge on any atom is 0.0625 e. The normalized spacial score (nSPS) is 12.9. The van der Waals surface area contributed by atoms with Gasteiger partial charge in [0.1, 0.15) is 0 Å². The summed E-state index contributed by atoms with van der Waals surface area (Å²) in [5.74, 6) is 0. The van der Waals surface area contributed by atoms with Crippen LogP contribution < -0.4 is 4.90 Å². The molecule has 0 bridgehead atoms. The predicted octanol–water partition coefficient (Wildman–Crippen LogP) is 16.2. The third-order valence-corrected chi connectivity index (χ3v) is 13.1. The van der Waals surface area contributed by atoms with E-state index < -0.39 is 0 Å². The van der Waals surface area contributed by atoms with Crippen molar-refractivity contribution in [1.82, 2.24) is 4.57 Å². The van der Waals surface area contributed by atoms with Crippen LogP contribution in [-0.2, 0) is 5.41 Å². The summed E-state index contributed by atoms with van der Waals surface area (Å²) in [6.45, 7) is 4.71. The van der Waals surface area contributed by atoms with E-state index >= 15 is 0 Å². The van der Waals surface area contributed by atoms with Gasteiger partial charge in [-0.15, -0.1) is 0 Å². The van der Waals surface area contributed by atoms with Crippen molar-refractivity contribution in [3.05, 3.63) is 230 Å². The summed E-state index contributed by atoms with van der Waals surface area (Å²) >= 11 is 0. The highest BCUT2D eigenvalue weighted by molar-refractivity contribution is 6.25. The average molecular weight is 779 g/mol. The molecule has 1 heterocycles. The molecule has 2 heteroatoms. The third-order valence-electron chi connectivity index (χ3n) is 13.1. The Morgan fingerprint density at radius 2 is 1.00 bits per heavy atom. The zero-order chi connectivity index (χ0) is 40.7. The topological polar surface area (TPSA) is 8.17 Å². The molecule has 0 spiro atoms. The van der Waals surface area contributed by atoms with Crippen LogP contribution in [0.4, 0.5) is 17.1 Å². The SMILES string of the molecule is CC1(C)c2ccccc2-c2ccc(N(c3ccccc3)c3ccc(-c4cc5ccccc5c5c4c4cc(-c6ccccc6)ccc4n5-c4cccc5ccccc45)cc3)cc21. The molecule has 1 aromatic heterocycles. The van der Waals surface area contributed by atoms with Gasteiger partial charge >= 0.3 is 0 Å². The van der Waals surface area contributed by atoms with Gasteiger partial charge in [-0.1, -0.05) is 172 Å². The first kappa shape index (κ1) is 35.3. The molecule has 0 aliphatic heterocycles. The van der Waals surface area contributed by atoms with Crippen molar-refractivity contribution in [2.45, 2.75) is 19.3 Å². The molecule has 0 N–H and O–H groups in total. The quantitative estimate of drug-likeness (QED) is 0.163. The lowest BCUT2D eigenvalue weighted by Crippen LogP contribution is -2.16. The molecule has 10 aromatic carbocycles. The van der Waals surface area contributed by atoms with Crippen LogP contribution in [0.1, 0.15) is 25.0 Å². The summed E-state index contributed by atoms with van der Waals surface area (Å²) in [6, 6.07) is 80.4. The van der Waals surface area contributed by atoms with E-state index in [1.807, 2.05) is 0 Å². The number of rotatable bonds is 6.